The molecule has 0 amide bonds. The molecule has 4 N–H and O–H groups in total. The van der Waals surface area contributed by atoms with E-state index < -0.39 is 24.0 Å². The van der Waals surface area contributed by atoms with Gasteiger partial charge in [0, 0.05) is 6.42 Å². The summed E-state index contributed by atoms with van der Waals surface area (Å²) in [5, 5.41) is 19.0. The van der Waals surface area contributed by atoms with Crippen molar-refractivity contribution < 1.29 is 19.7 Å². The fraction of sp³-hybridized carbons (Fsp3) is 1.00. The first kappa shape index (κ1) is 9.42. The molecule has 2 rings (SSSR count). The molecule has 2 aliphatic heterocycles. The summed E-state index contributed by atoms with van der Waals surface area (Å²) < 4.78 is 10.8. The van der Waals surface area contributed by atoms with E-state index in [-0.39, 0.29) is 12.6 Å². The summed E-state index contributed by atoms with van der Waals surface area (Å²) in [7, 11) is 1.81. The van der Waals surface area contributed by atoms with E-state index in [9.17, 15) is 10.2 Å². The van der Waals surface area contributed by atoms with Gasteiger partial charge in [-0.2, -0.15) is 0 Å². The minimum Gasteiger partial charge on any atom is -0.393 e. The molecule has 74 valence electrons. The molecule has 0 aromatic carbocycles. The van der Waals surface area contributed by atoms with Crippen LogP contribution in [0.5, 0.6) is 0 Å². The van der Waals surface area contributed by atoms with Crippen molar-refractivity contribution in [2.75, 3.05) is 6.61 Å². The summed E-state index contributed by atoms with van der Waals surface area (Å²) in [6.45, 7) is -0.216. The second-order valence-electron chi connectivity index (χ2n) is 3.83. The van der Waals surface area contributed by atoms with E-state index in [0.717, 1.165) is 0 Å². The lowest BCUT2D eigenvalue weighted by Gasteiger charge is -2.37. The van der Waals surface area contributed by atoms with Gasteiger partial charge in [0.15, 0.2) is 0 Å². The second-order valence-corrected chi connectivity index (χ2v) is 3.83. The van der Waals surface area contributed by atoms with Crippen molar-refractivity contribution in [3.63, 3.8) is 0 Å². The highest BCUT2D eigenvalue weighted by atomic mass is 16.6. The van der Waals surface area contributed by atoms with E-state index in [4.69, 9.17) is 15.2 Å². The minimum atomic E-state index is -0.901. The van der Waals surface area contributed by atoms with Crippen molar-refractivity contribution in [3.8, 4) is 0 Å². The van der Waals surface area contributed by atoms with Crippen LogP contribution >= 0.6 is 0 Å². The normalized spacial score (nSPS) is 55.3. The van der Waals surface area contributed by atoms with Crippen LogP contribution in [0.25, 0.3) is 0 Å². The topological polar surface area (TPSA) is 84.9 Å². The summed E-state index contributed by atoms with van der Waals surface area (Å²) in [5.74, 6) is 0. The Kier molecular flexibility index (Phi) is 2.12. The van der Waals surface area contributed by atoms with Gasteiger partial charge >= 0.3 is 0 Å². The second kappa shape index (κ2) is 2.93. The maximum atomic E-state index is 9.78. The van der Waals surface area contributed by atoms with Gasteiger partial charge in [0.05, 0.1) is 12.6 Å². The van der Waals surface area contributed by atoms with Crippen molar-refractivity contribution in [1.82, 2.24) is 0 Å². The van der Waals surface area contributed by atoms with Crippen LogP contribution in [0.1, 0.15) is 6.42 Å². The van der Waals surface area contributed by atoms with Crippen molar-refractivity contribution >= 4 is 7.85 Å². The monoisotopic (exact) mass is 187 g/mol. The highest BCUT2D eigenvalue weighted by molar-refractivity contribution is 6.11. The van der Waals surface area contributed by atoms with E-state index in [1.807, 2.05) is 7.85 Å². The third-order valence-electron chi connectivity index (χ3n) is 2.88. The van der Waals surface area contributed by atoms with Gasteiger partial charge in [0.1, 0.15) is 31.9 Å². The molecule has 6 heteroatoms. The van der Waals surface area contributed by atoms with Gasteiger partial charge in [-0.1, -0.05) is 0 Å². The van der Waals surface area contributed by atoms with Crippen LogP contribution in [0.2, 0.25) is 0 Å². The molecular weight excluding hydrogens is 173 g/mol. The fourth-order valence-electron chi connectivity index (χ4n) is 2.20. The third kappa shape index (κ3) is 1.21. The molecule has 0 aliphatic carbocycles. The van der Waals surface area contributed by atoms with Crippen molar-refractivity contribution in [2.24, 2.45) is 5.73 Å². The van der Waals surface area contributed by atoms with Crippen LogP contribution in [-0.2, 0) is 9.47 Å². The van der Waals surface area contributed by atoms with Gasteiger partial charge in [0.2, 0.25) is 0 Å². The average Bonchev–Trinajstić information content (AvgIpc) is 2.26. The molecular formula is C7H14BNO4. The van der Waals surface area contributed by atoms with Crippen LogP contribution < -0.4 is 5.73 Å². The molecule has 2 bridgehead atoms. The summed E-state index contributed by atoms with van der Waals surface area (Å²) in [6.07, 6.45) is -1.29. The van der Waals surface area contributed by atoms with Crippen LogP contribution in [0.15, 0.2) is 0 Å². The largest absolute Gasteiger partial charge is 0.393 e. The summed E-state index contributed by atoms with van der Waals surface area (Å²) in [4.78, 5) is 0. The van der Waals surface area contributed by atoms with Crippen LogP contribution in [0, 0.1) is 0 Å². The Morgan fingerprint density at radius 1 is 1.62 bits per heavy atom. The number of hydrogen-bond acceptors (Lipinski definition) is 5. The molecule has 13 heavy (non-hydrogen) atoms. The molecule has 0 radical (unpaired) electrons. The standard InChI is InChI=1S/C7H14BNO4/c8-6-4-5(11)7(2-10,13-6)1-3(9)12-4/h3-6,10-11H,1-2,8-9H2/t3?,4-,5+,6-,7-/m1/s1. The number of nitrogens with two attached hydrogens (primary N) is 1. The maximum Gasteiger partial charge on any atom is 0.142 e. The minimum absolute atomic E-state index is 0.212. The molecule has 0 saturated carbocycles. The summed E-state index contributed by atoms with van der Waals surface area (Å²) in [6, 6.07) is -0.212. The van der Waals surface area contributed by atoms with Crippen molar-refractivity contribution in [3.05, 3.63) is 0 Å². The van der Waals surface area contributed by atoms with Crippen LogP contribution in [-0.4, -0.2) is 54.7 Å². The lowest BCUT2D eigenvalue weighted by Crippen LogP contribution is -2.56. The van der Waals surface area contributed by atoms with Gasteiger partial charge in [-0.15, -0.1) is 0 Å². The van der Waals surface area contributed by atoms with E-state index in [1.165, 1.54) is 0 Å². The highest BCUT2D eigenvalue weighted by Crippen LogP contribution is 2.39. The molecule has 5 nitrogen and oxygen atoms in total. The van der Waals surface area contributed by atoms with Gasteiger partial charge in [-0.25, -0.2) is 0 Å². The predicted molar refractivity (Wildman–Crippen MR) is 46.7 cm³/mol. The third-order valence-corrected chi connectivity index (χ3v) is 2.88. The Morgan fingerprint density at radius 2 is 2.31 bits per heavy atom. The quantitative estimate of drug-likeness (QED) is 0.384. The zero-order chi connectivity index (χ0) is 9.64. The zero-order valence-corrected chi connectivity index (χ0v) is 7.51. The molecule has 1 unspecified atom stereocenters. The van der Waals surface area contributed by atoms with Gasteiger partial charge in [0.25, 0.3) is 0 Å². The van der Waals surface area contributed by atoms with E-state index in [2.05, 4.69) is 0 Å². The number of rotatable bonds is 1. The van der Waals surface area contributed by atoms with Gasteiger partial charge < -0.3 is 25.4 Å². The summed E-state index contributed by atoms with van der Waals surface area (Å²) in [5.41, 5.74) is 4.72. The van der Waals surface area contributed by atoms with E-state index in [0.29, 0.717) is 6.42 Å². The van der Waals surface area contributed by atoms with Crippen molar-refractivity contribution in [2.45, 2.75) is 36.5 Å². The molecule has 0 spiro atoms. The molecule has 2 saturated heterocycles. The molecule has 0 aromatic rings. The first-order valence-corrected chi connectivity index (χ1v) is 4.47. The first-order valence-electron chi connectivity index (χ1n) is 4.47. The van der Waals surface area contributed by atoms with Gasteiger partial charge in [-0.05, 0) is 0 Å². The SMILES string of the molecule is B[C@@H]1O[C@@]2(CO)CC(N)O[C@@H]1[C@@H]2O. The Balaban J connectivity index is 2.26. The molecule has 5 atom stereocenters. The number of aliphatic hydroxyl groups is 2. The average molecular weight is 187 g/mol. The Hall–Kier alpha value is -0.135. The Morgan fingerprint density at radius 3 is 2.92 bits per heavy atom. The predicted octanol–water partition coefficient (Wildman–Crippen LogP) is -2.86. The molecule has 2 fully saturated rings. The fourth-order valence-corrected chi connectivity index (χ4v) is 2.20. The Bertz CT molecular complexity index is 213. The maximum absolute atomic E-state index is 9.78. The smallest absolute Gasteiger partial charge is 0.142 e. The number of hydrogen-bond donors (Lipinski definition) is 3. The highest BCUT2D eigenvalue weighted by Gasteiger charge is 2.57. The van der Waals surface area contributed by atoms with Crippen molar-refractivity contribution in [1.29, 1.82) is 0 Å². The Labute approximate surface area is 77.2 Å². The first-order chi connectivity index (χ1) is 6.09. The van der Waals surface area contributed by atoms with Gasteiger partial charge in [-0.3, -0.25) is 0 Å². The molecule has 2 aliphatic rings. The zero-order valence-electron chi connectivity index (χ0n) is 7.51. The number of ether oxygens (including phenoxy) is 2. The number of aliphatic hydroxyl groups excluding tert-OH is 2. The summed E-state index contributed by atoms with van der Waals surface area (Å²) >= 11 is 0. The van der Waals surface area contributed by atoms with Crippen LogP contribution in [0.4, 0.5) is 0 Å². The van der Waals surface area contributed by atoms with E-state index in [1.54, 1.807) is 0 Å². The van der Waals surface area contributed by atoms with E-state index >= 15 is 0 Å². The number of fused-ring (bicyclic) bond motifs is 2. The lowest BCUT2D eigenvalue weighted by molar-refractivity contribution is -0.162. The molecule has 0 aromatic heterocycles. The molecule has 2 heterocycles. The lowest BCUT2D eigenvalue weighted by atomic mass is 9.85. The van der Waals surface area contributed by atoms with Crippen LogP contribution in [0.3, 0.4) is 0 Å².